The predicted molar refractivity (Wildman–Crippen MR) is 90.8 cm³/mol. The Morgan fingerprint density at radius 1 is 1.38 bits per heavy atom. The van der Waals surface area contributed by atoms with Crippen LogP contribution in [-0.2, 0) is 0 Å². The van der Waals surface area contributed by atoms with Gasteiger partial charge in [-0.25, -0.2) is 9.18 Å². The van der Waals surface area contributed by atoms with E-state index >= 15 is 0 Å². The first-order valence-corrected chi connectivity index (χ1v) is 8.67. The average Bonchev–Trinajstić information content (AvgIpc) is 3.39. The Bertz CT molecular complexity index is 646. The molecule has 0 spiro atoms. The Labute approximate surface area is 141 Å². The summed E-state index contributed by atoms with van der Waals surface area (Å²) in [5.41, 5.74) is 0.468. The van der Waals surface area contributed by atoms with Gasteiger partial charge in [0, 0.05) is 24.7 Å². The van der Waals surface area contributed by atoms with Gasteiger partial charge in [-0.2, -0.15) is 0 Å². The molecule has 24 heavy (non-hydrogen) atoms. The molecule has 130 valence electrons. The maximum atomic E-state index is 14.1. The minimum absolute atomic E-state index is 0.0875. The SMILES string of the molecule is CN=CC1(COc2cc(F)c(C(=O)O)cc2C2CC2)CCCCC1. The van der Waals surface area contributed by atoms with Crippen molar-refractivity contribution in [2.24, 2.45) is 10.4 Å². The van der Waals surface area contributed by atoms with Gasteiger partial charge in [0.25, 0.3) is 0 Å². The van der Waals surface area contributed by atoms with E-state index in [2.05, 4.69) is 4.99 Å². The summed E-state index contributed by atoms with van der Waals surface area (Å²) in [5.74, 6) is -1.18. The van der Waals surface area contributed by atoms with E-state index in [0.717, 1.165) is 44.1 Å². The molecule has 0 heterocycles. The van der Waals surface area contributed by atoms with Crippen LogP contribution in [0, 0.1) is 11.2 Å². The predicted octanol–water partition coefficient (Wildman–Crippen LogP) is 4.43. The number of ether oxygens (including phenoxy) is 1. The molecule has 2 aliphatic carbocycles. The molecule has 1 aromatic rings. The zero-order valence-corrected chi connectivity index (χ0v) is 14.1. The second-order valence-corrected chi connectivity index (χ2v) is 7.05. The average molecular weight is 333 g/mol. The number of aromatic carboxylic acids is 1. The van der Waals surface area contributed by atoms with Gasteiger partial charge in [-0.1, -0.05) is 19.3 Å². The van der Waals surface area contributed by atoms with Gasteiger partial charge >= 0.3 is 5.97 Å². The molecular formula is C19H24FNO3. The smallest absolute Gasteiger partial charge is 0.338 e. The third-order valence-corrected chi connectivity index (χ3v) is 5.11. The zero-order valence-electron chi connectivity index (χ0n) is 14.1. The standard InChI is InChI=1S/C19H24FNO3/c1-21-11-19(7-3-2-4-8-19)12-24-17-10-16(20)15(18(22)23)9-14(17)13-5-6-13/h9-11,13H,2-8,12H2,1H3,(H,22,23). The van der Waals surface area contributed by atoms with Crippen molar-refractivity contribution in [2.45, 2.75) is 50.9 Å². The third kappa shape index (κ3) is 3.60. The van der Waals surface area contributed by atoms with Crippen molar-refractivity contribution >= 4 is 12.2 Å². The quantitative estimate of drug-likeness (QED) is 0.783. The lowest BCUT2D eigenvalue weighted by Crippen LogP contribution is -2.33. The van der Waals surface area contributed by atoms with Crippen LogP contribution in [0.15, 0.2) is 17.1 Å². The molecule has 5 heteroatoms. The van der Waals surface area contributed by atoms with Crippen molar-refractivity contribution in [3.63, 3.8) is 0 Å². The van der Waals surface area contributed by atoms with Crippen molar-refractivity contribution < 1.29 is 19.0 Å². The van der Waals surface area contributed by atoms with E-state index in [9.17, 15) is 9.18 Å². The summed E-state index contributed by atoms with van der Waals surface area (Å²) in [6.07, 6.45) is 9.57. The maximum Gasteiger partial charge on any atom is 0.338 e. The fourth-order valence-corrected chi connectivity index (χ4v) is 3.64. The molecule has 0 aliphatic heterocycles. The fourth-order valence-electron chi connectivity index (χ4n) is 3.64. The first kappa shape index (κ1) is 16.9. The summed E-state index contributed by atoms with van der Waals surface area (Å²) in [6.45, 7) is 0.468. The molecule has 2 aliphatic rings. The Hall–Kier alpha value is -1.91. The Balaban J connectivity index is 1.83. The van der Waals surface area contributed by atoms with E-state index in [1.807, 2.05) is 6.21 Å². The van der Waals surface area contributed by atoms with Crippen LogP contribution in [-0.4, -0.2) is 30.9 Å². The number of carboxylic acid groups (broad SMARTS) is 1. The van der Waals surface area contributed by atoms with E-state index in [1.54, 1.807) is 7.05 Å². The molecule has 2 fully saturated rings. The van der Waals surface area contributed by atoms with Crippen molar-refractivity contribution in [1.82, 2.24) is 0 Å². The zero-order chi connectivity index (χ0) is 17.2. The fraction of sp³-hybridized carbons (Fsp3) is 0.579. The molecule has 0 atom stereocenters. The molecule has 0 saturated heterocycles. The van der Waals surface area contributed by atoms with Gasteiger partial charge in [0.05, 0.1) is 12.2 Å². The summed E-state index contributed by atoms with van der Waals surface area (Å²) in [5, 5.41) is 9.13. The molecule has 2 saturated carbocycles. The number of benzene rings is 1. The third-order valence-electron chi connectivity index (χ3n) is 5.11. The lowest BCUT2D eigenvalue weighted by molar-refractivity contribution is 0.0691. The monoisotopic (exact) mass is 333 g/mol. The van der Waals surface area contributed by atoms with Crippen molar-refractivity contribution in [2.75, 3.05) is 13.7 Å². The first-order valence-electron chi connectivity index (χ1n) is 8.67. The van der Waals surface area contributed by atoms with Crippen LogP contribution in [0.5, 0.6) is 5.75 Å². The van der Waals surface area contributed by atoms with Crippen molar-refractivity contribution in [1.29, 1.82) is 0 Å². The van der Waals surface area contributed by atoms with Gasteiger partial charge in [-0.15, -0.1) is 0 Å². The van der Waals surface area contributed by atoms with Gasteiger partial charge in [0.1, 0.15) is 11.6 Å². The largest absolute Gasteiger partial charge is 0.492 e. The molecule has 0 radical (unpaired) electrons. The molecule has 1 aromatic carbocycles. The molecule has 1 N–H and O–H groups in total. The first-order chi connectivity index (χ1) is 11.5. The maximum absolute atomic E-state index is 14.1. The highest BCUT2D eigenvalue weighted by atomic mass is 19.1. The molecule has 3 rings (SSSR count). The summed E-state index contributed by atoms with van der Waals surface area (Å²) >= 11 is 0. The summed E-state index contributed by atoms with van der Waals surface area (Å²) in [4.78, 5) is 15.4. The number of carboxylic acids is 1. The van der Waals surface area contributed by atoms with E-state index in [-0.39, 0.29) is 11.0 Å². The molecule has 0 aromatic heterocycles. The van der Waals surface area contributed by atoms with Crippen LogP contribution in [0.4, 0.5) is 4.39 Å². The van der Waals surface area contributed by atoms with Crippen molar-refractivity contribution in [3.05, 3.63) is 29.1 Å². The van der Waals surface area contributed by atoms with Gasteiger partial charge in [-0.05, 0) is 43.2 Å². The highest BCUT2D eigenvalue weighted by Crippen LogP contribution is 2.46. The molecular weight excluding hydrogens is 309 g/mol. The van der Waals surface area contributed by atoms with Crippen LogP contribution in [0.1, 0.15) is 66.8 Å². The van der Waals surface area contributed by atoms with Crippen LogP contribution >= 0.6 is 0 Å². The van der Waals surface area contributed by atoms with Crippen LogP contribution in [0.2, 0.25) is 0 Å². The van der Waals surface area contributed by atoms with Gasteiger partial charge < -0.3 is 14.8 Å². The number of halogens is 1. The van der Waals surface area contributed by atoms with Crippen LogP contribution in [0.25, 0.3) is 0 Å². The number of carbonyl (C=O) groups is 1. The topological polar surface area (TPSA) is 58.9 Å². The second-order valence-electron chi connectivity index (χ2n) is 7.05. The molecule has 0 amide bonds. The number of hydrogen-bond acceptors (Lipinski definition) is 3. The Kier molecular flexibility index (Phi) is 4.88. The number of rotatable bonds is 6. The van der Waals surface area contributed by atoms with E-state index in [1.165, 1.54) is 18.6 Å². The van der Waals surface area contributed by atoms with E-state index < -0.39 is 11.8 Å². The minimum Gasteiger partial charge on any atom is -0.492 e. The van der Waals surface area contributed by atoms with Gasteiger partial charge in [0.15, 0.2) is 0 Å². The van der Waals surface area contributed by atoms with Crippen molar-refractivity contribution in [3.8, 4) is 5.75 Å². The molecule has 0 unspecified atom stereocenters. The lowest BCUT2D eigenvalue weighted by atomic mass is 9.75. The summed E-state index contributed by atoms with van der Waals surface area (Å²) in [7, 11) is 1.77. The van der Waals surface area contributed by atoms with Gasteiger partial charge in [-0.3, -0.25) is 0 Å². The second kappa shape index (κ2) is 6.91. The Morgan fingerprint density at radius 2 is 2.08 bits per heavy atom. The number of hydrogen-bond donors (Lipinski definition) is 1. The molecule has 4 nitrogen and oxygen atoms in total. The number of aliphatic imine (C=N–C) groups is 1. The summed E-state index contributed by atoms with van der Waals surface area (Å²) < 4.78 is 20.1. The highest BCUT2D eigenvalue weighted by Gasteiger charge is 2.33. The normalized spacial score (nSPS) is 20.2. The Morgan fingerprint density at radius 3 is 2.67 bits per heavy atom. The van der Waals surface area contributed by atoms with E-state index in [0.29, 0.717) is 18.3 Å². The molecule has 0 bridgehead atoms. The minimum atomic E-state index is -1.23. The lowest BCUT2D eigenvalue weighted by Gasteiger charge is -2.33. The van der Waals surface area contributed by atoms with Crippen LogP contribution in [0.3, 0.4) is 0 Å². The highest BCUT2D eigenvalue weighted by molar-refractivity contribution is 5.88. The van der Waals surface area contributed by atoms with Crippen LogP contribution < -0.4 is 4.74 Å². The summed E-state index contributed by atoms with van der Waals surface area (Å²) in [6, 6.07) is 2.70. The van der Waals surface area contributed by atoms with Gasteiger partial charge in [0.2, 0.25) is 0 Å². The number of nitrogens with zero attached hydrogens (tertiary/aromatic N) is 1. The van der Waals surface area contributed by atoms with E-state index in [4.69, 9.17) is 9.84 Å².